The quantitative estimate of drug-likeness (QED) is 0.709. The van der Waals surface area contributed by atoms with Gasteiger partial charge in [-0.1, -0.05) is 27.2 Å². The summed E-state index contributed by atoms with van der Waals surface area (Å²) in [6, 6.07) is 0. The van der Waals surface area contributed by atoms with E-state index in [-0.39, 0.29) is 11.3 Å². The van der Waals surface area contributed by atoms with Gasteiger partial charge in [-0.3, -0.25) is 4.79 Å². The molecule has 0 heterocycles. The maximum absolute atomic E-state index is 12.5. The molecule has 0 spiro atoms. The second-order valence-corrected chi connectivity index (χ2v) is 13.4. The van der Waals surface area contributed by atoms with Crippen molar-refractivity contribution in [2.45, 2.75) is 72.5 Å². The van der Waals surface area contributed by atoms with Gasteiger partial charge in [0.2, 0.25) is 0 Å². The van der Waals surface area contributed by atoms with E-state index in [9.17, 15) is 4.79 Å². The van der Waals surface area contributed by atoms with Gasteiger partial charge in [0.15, 0.2) is 8.32 Å². The molecular formula is C17H32O2Si. The predicted molar refractivity (Wildman–Crippen MR) is 86.3 cm³/mol. The lowest BCUT2D eigenvalue weighted by molar-refractivity contribution is -0.145. The van der Waals surface area contributed by atoms with E-state index < -0.39 is 8.32 Å². The summed E-state index contributed by atoms with van der Waals surface area (Å²) in [5, 5.41) is 0. The molecule has 0 saturated heterocycles. The molecule has 3 heteroatoms. The first kappa shape index (κ1) is 16.2. The Kier molecular flexibility index (Phi) is 4.25. The van der Waals surface area contributed by atoms with Crippen molar-refractivity contribution in [2.24, 2.45) is 22.7 Å². The summed E-state index contributed by atoms with van der Waals surface area (Å²) in [6.07, 6.45) is 5.63. The summed E-state index contributed by atoms with van der Waals surface area (Å²) in [4.78, 5) is 12.5. The van der Waals surface area contributed by atoms with Crippen molar-refractivity contribution in [2.75, 3.05) is 6.61 Å². The topological polar surface area (TPSA) is 26.3 Å². The summed E-state index contributed by atoms with van der Waals surface area (Å²) in [5.74, 6) is 1.27. The first-order valence-electron chi connectivity index (χ1n) is 8.23. The smallest absolute Gasteiger partial charge is 0.183 e. The van der Waals surface area contributed by atoms with Crippen molar-refractivity contribution in [3.8, 4) is 0 Å². The van der Waals surface area contributed by atoms with Gasteiger partial charge in [-0.15, -0.1) is 0 Å². The lowest BCUT2D eigenvalue weighted by atomic mass is 9.48. The van der Waals surface area contributed by atoms with E-state index in [1.807, 2.05) is 0 Å². The highest BCUT2D eigenvalue weighted by molar-refractivity contribution is 6.69. The Morgan fingerprint density at radius 3 is 2.45 bits per heavy atom. The fourth-order valence-corrected chi connectivity index (χ4v) is 5.42. The third kappa shape index (κ3) is 3.04. The van der Waals surface area contributed by atoms with Crippen LogP contribution in [0, 0.1) is 22.7 Å². The zero-order chi connectivity index (χ0) is 15.2. The first-order valence-corrected chi connectivity index (χ1v) is 11.6. The molecule has 20 heavy (non-hydrogen) atoms. The molecule has 2 rings (SSSR count). The second-order valence-electron chi connectivity index (χ2n) is 8.88. The van der Waals surface area contributed by atoms with E-state index in [0.717, 1.165) is 12.8 Å². The molecule has 0 N–H and O–H groups in total. The van der Waals surface area contributed by atoms with Crippen LogP contribution in [-0.2, 0) is 9.22 Å². The van der Waals surface area contributed by atoms with E-state index in [4.69, 9.17) is 4.43 Å². The van der Waals surface area contributed by atoms with Gasteiger partial charge >= 0.3 is 0 Å². The summed E-state index contributed by atoms with van der Waals surface area (Å²) in [7, 11) is -1.55. The molecule has 2 fully saturated rings. The Hall–Kier alpha value is -0.153. The molecule has 0 radical (unpaired) electrons. The second kappa shape index (κ2) is 5.24. The fraction of sp³-hybridized carbons (Fsp3) is 0.941. The van der Waals surface area contributed by atoms with Gasteiger partial charge < -0.3 is 4.43 Å². The number of Topliss-reactive ketones (excluding diaryl/α,β-unsaturated/α-hetero) is 1. The molecule has 2 nitrogen and oxygen atoms in total. The van der Waals surface area contributed by atoms with Crippen molar-refractivity contribution in [3.05, 3.63) is 0 Å². The Morgan fingerprint density at radius 2 is 1.85 bits per heavy atom. The normalized spacial score (nSPS) is 37.6. The van der Waals surface area contributed by atoms with Crippen LogP contribution in [-0.4, -0.2) is 20.7 Å². The Labute approximate surface area is 125 Å². The number of hydrogen-bond donors (Lipinski definition) is 0. The van der Waals surface area contributed by atoms with Gasteiger partial charge in [-0.25, -0.2) is 0 Å². The lowest BCUT2D eigenvalue weighted by Crippen LogP contribution is -2.53. The number of ketones is 1. The predicted octanol–water partition coefficient (Wildman–Crippen LogP) is 4.65. The zero-order valence-electron chi connectivity index (χ0n) is 14.2. The summed E-state index contributed by atoms with van der Waals surface area (Å²) in [6.45, 7) is 14.5. The third-order valence-electron chi connectivity index (χ3n) is 5.82. The SMILES string of the molecule is CC1(C)CCC[C@@]2(C)C(CO[Si](C)(C)C)C(=O)CC[C@H]12. The lowest BCUT2D eigenvalue weighted by Gasteiger charge is -2.56. The number of carbonyl (C=O) groups excluding carboxylic acids is 1. The molecule has 116 valence electrons. The Bertz CT molecular complexity index is 383. The van der Waals surface area contributed by atoms with Gasteiger partial charge in [0, 0.05) is 18.9 Å². The van der Waals surface area contributed by atoms with Crippen LogP contribution < -0.4 is 0 Å². The van der Waals surface area contributed by atoms with Crippen LogP contribution in [0.4, 0.5) is 0 Å². The van der Waals surface area contributed by atoms with Crippen LogP contribution in [0.2, 0.25) is 19.6 Å². The molecule has 0 aliphatic heterocycles. The largest absolute Gasteiger partial charge is 0.417 e. The minimum atomic E-state index is -1.55. The van der Waals surface area contributed by atoms with E-state index in [1.54, 1.807) is 0 Å². The monoisotopic (exact) mass is 296 g/mol. The summed E-state index contributed by atoms with van der Waals surface area (Å²) in [5.41, 5.74) is 0.543. The molecule has 3 atom stereocenters. The van der Waals surface area contributed by atoms with Crippen molar-refractivity contribution < 1.29 is 9.22 Å². The standard InChI is InChI=1S/C17H32O2Si/c1-16(2)10-7-11-17(3)13(12-19-20(4,5)6)14(18)8-9-15(16)17/h13,15H,7-12H2,1-6H3/t13?,15-,17+/m1/s1. The van der Waals surface area contributed by atoms with Crippen molar-refractivity contribution in [3.63, 3.8) is 0 Å². The third-order valence-corrected chi connectivity index (χ3v) is 6.86. The number of rotatable bonds is 3. The van der Waals surface area contributed by atoms with Crippen molar-refractivity contribution in [1.82, 2.24) is 0 Å². The van der Waals surface area contributed by atoms with Crippen LogP contribution in [0.5, 0.6) is 0 Å². The van der Waals surface area contributed by atoms with Crippen LogP contribution in [0.3, 0.4) is 0 Å². The molecule has 2 saturated carbocycles. The van der Waals surface area contributed by atoms with Crippen LogP contribution in [0.15, 0.2) is 0 Å². The van der Waals surface area contributed by atoms with Crippen molar-refractivity contribution in [1.29, 1.82) is 0 Å². The van der Waals surface area contributed by atoms with Gasteiger partial charge in [0.25, 0.3) is 0 Å². The molecule has 0 aromatic rings. The van der Waals surface area contributed by atoms with Gasteiger partial charge in [-0.2, -0.15) is 0 Å². The maximum Gasteiger partial charge on any atom is 0.183 e. The van der Waals surface area contributed by atoms with Crippen LogP contribution in [0.1, 0.15) is 52.9 Å². The van der Waals surface area contributed by atoms with Gasteiger partial charge in [-0.05, 0) is 55.7 Å². The first-order chi connectivity index (χ1) is 9.06. The zero-order valence-corrected chi connectivity index (χ0v) is 15.2. The van der Waals surface area contributed by atoms with E-state index in [2.05, 4.69) is 40.4 Å². The number of carbonyl (C=O) groups is 1. The van der Waals surface area contributed by atoms with Gasteiger partial charge in [0.1, 0.15) is 5.78 Å². The molecule has 2 aliphatic carbocycles. The number of hydrogen-bond acceptors (Lipinski definition) is 2. The highest BCUT2D eigenvalue weighted by atomic mass is 28.4. The molecule has 0 aromatic heterocycles. The molecule has 0 amide bonds. The van der Waals surface area contributed by atoms with E-state index in [0.29, 0.717) is 23.7 Å². The van der Waals surface area contributed by atoms with E-state index >= 15 is 0 Å². The van der Waals surface area contributed by atoms with Gasteiger partial charge in [0.05, 0.1) is 0 Å². The van der Waals surface area contributed by atoms with Crippen LogP contribution in [0.25, 0.3) is 0 Å². The minimum Gasteiger partial charge on any atom is -0.417 e. The van der Waals surface area contributed by atoms with Crippen LogP contribution >= 0.6 is 0 Å². The highest BCUT2D eigenvalue weighted by Gasteiger charge is 2.54. The molecule has 0 bridgehead atoms. The number of fused-ring (bicyclic) bond motifs is 1. The van der Waals surface area contributed by atoms with Crippen molar-refractivity contribution >= 4 is 14.1 Å². The Morgan fingerprint density at radius 1 is 1.20 bits per heavy atom. The summed E-state index contributed by atoms with van der Waals surface area (Å²) < 4.78 is 6.14. The minimum absolute atomic E-state index is 0.132. The maximum atomic E-state index is 12.5. The Balaban J connectivity index is 2.22. The average Bonchev–Trinajstić information content (AvgIpc) is 2.24. The highest BCUT2D eigenvalue weighted by Crippen LogP contribution is 2.59. The molecule has 2 aliphatic rings. The van der Waals surface area contributed by atoms with E-state index in [1.165, 1.54) is 19.3 Å². The average molecular weight is 297 g/mol. The molecular weight excluding hydrogens is 264 g/mol. The summed E-state index contributed by atoms with van der Waals surface area (Å²) >= 11 is 0. The molecule has 0 aromatic carbocycles. The fourth-order valence-electron chi connectivity index (χ4n) is 4.75. The molecule has 1 unspecified atom stereocenters.